The monoisotopic (exact) mass is 460 g/mol. The van der Waals surface area contributed by atoms with E-state index in [1.807, 2.05) is 11.8 Å². The fourth-order valence-corrected chi connectivity index (χ4v) is 4.12. The summed E-state index contributed by atoms with van der Waals surface area (Å²) < 4.78 is 13.2. The molecular formula is C24H21FN6O3. The van der Waals surface area contributed by atoms with Gasteiger partial charge in [-0.15, -0.1) is 10.2 Å². The molecular weight excluding hydrogens is 439 g/mol. The van der Waals surface area contributed by atoms with Gasteiger partial charge in [0.25, 0.3) is 11.6 Å². The Morgan fingerprint density at radius 1 is 1.03 bits per heavy atom. The average molecular weight is 460 g/mol. The molecule has 4 aromatic rings. The third kappa shape index (κ3) is 4.05. The van der Waals surface area contributed by atoms with Gasteiger partial charge in [0.2, 0.25) is 0 Å². The van der Waals surface area contributed by atoms with Crippen LogP contribution in [0.25, 0.3) is 16.7 Å². The highest BCUT2D eigenvalue weighted by molar-refractivity contribution is 6.06. The third-order valence-corrected chi connectivity index (χ3v) is 5.91. The highest BCUT2D eigenvalue weighted by atomic mass is 19.1. The zero-order valence-corrected chi connectivity index (χ0v) is 18.4. The van der Waals surface area contributed by atoms with E-state index in [2.05, 4.69) is 15.5 Å². The number of fused-ring (bicyclic) bond motifs is 1. The van der Waals surface area contributed by atoms with Crippen LogP contribution in [-0.4, -0.2) is 38.9 Å². The number of nitro groups is 1. The second-order valence-corrected chi connectivity index (χ2v) is 8.23. The number of rotatable bonds is 5. The lowest BCUT2D eigenvalue weighted by Gasteiger charge is -2.18. The summed E-state index contributed by atoms with van der Waals surface area (Å²) >= 11 is 0. The summed E-state index contributed by atoms with van der Waals surface area (Å²) in [7, 11) is 0. The molecule has 1 aromatic heterocycles. The average Bonchev–Trinajstić information content (AvgIpc) is 3.49. The van der Waals surface area contributed by atoms with Crippen molar-refractivity contribution in [3.05, 3.63) is 81.7 Å². The number of nitro benzene ring substituents is 1. The van der Waals surface area contributed by atoms with Gasteiger partial charge in [0.05, 0.1) is 10.6 Å². The van der Waals surface area contributed by atoms with Crippen LogP contribution in [0, 0.1) is 22.9 Å². The first-order valence-corrected chi connectivity index (χ1v) is 10.9. The fraction of sp³-hybridized carbons (Fsp3) is 0.208. The summed E-state index contributed by atoms with van der Waals surface area (Å²) in [5, 5.41) is 23.3. The second-order valence-electron chi connectivity index (χ2n) is 8.23. The largest absolute Gasteiger partial charge is 0.366 e. The van der Waals surface area contributed by atoms with Crippen molar-refractivity contribution >= 4 is 34.0 Å². The quantitative estimate of drug-likeness (QED) is 0.344. The minimum atomic E-state index is -0.454. The predicted octanol–water partition coefficient (Wildman–Crippen LogP) is 4.63. The Kier molecular flexibility index (Phi) is 5.40. The summed E-state index contributed by atoms with van der Waals surface area (Å²) in [5.41, 5.74) is 3.70. The van der Waals surface area contributed by atoms with E-state index in [-0.39, 0.29) is 17.1 Å². The summed E-state index contributed by atoms with van der Waals surface area (Å²) in [4.78, 5) is 27.5. The van der Waals surface area contributed by atoms with Gasteiger partial charge in [-0.3, -0.25) is 14.9 Å². The maximum absolute atomic E-state index is 13.2. The first kappa shape index (κ1) is 21.5. The molecule has 9 nitrogen and oxygen atoms in total. The Morgan fingerprint density at radius 3 is 2.38 bits per heavy atom. The van der Waals surface area contributed by atoms with Gasteiger partial charge in [-0.25, -0.2) is 4.39 Å². The highest BCUT2D eigenvalue weighted by Crippen LogP contribution is 2.32. The van der Waals surface area contributed by atoms with E-state index in [0.717, 1.165) is 31.5 Å². The van der Waals surface area contributed by atoms with Gasteiger partial charge in [0, 0.05) is 30.4 Å². The number of nitrogens with zero attached hydrogens (tertiary/aromatic N) is 5. The number of aryl methyl sites for hydroxylation is 1. The van der Waals surface area contributed by atoms with Crippen LogP contribution < -0.4 is 10.2 Å². The second kappa shape index (κ2) is 8.54. The van der Waals surface area contributed by atoms with Gasteiger partial charge in [0.1, 0.15) is 22.5 Å². The van der Waals surface area contributed by atoms with Crippen LogP contribution in [0.15, 0.2) is 54.6 Å². The van der Waals surface area contributed by atoms with Crippen LogP contribution in [0.1, 0.15) is 28.8 Å². The molecule has 5 rings (SSSR count). The molecule has 0 saturated carbocycles. The summed E-state index contributed by atoms with van der Waals surface area (Å²) in [5.74, 6) is -0.806. The number of benzene rings is 3. The minimum absolute atomic E-state index is 0.0797. The van der Waals surface area contributed by atoms with Crippen molar-refractivity contribution in [2.75, 3.05) is 23.3 Å². The molecule has 34 heavy (non-hydrogen) atoms. The minimum Gasteiger partial charge on any atom is -0.366 e. The van der Waals surface area contributed by atoms with Crippen molar-refractivity contribution < 1.29 is 14.1 Å². The molecule has 10 heteroatoms. The van der Waals surface area contributed by atoms with E-state index in [0.29, 0.717) is 28.1 Å². The molecule has 0 bridgehead atoms. The van der Waals surface area contributed by atoms with Crippen molar-refractivity contribution in [1.29, 1.82) is 0 Å². The van der Waals surface area contributed by atoms with Crippen molar-refractivity contribution in [2.24, 2.45) is 0 Å². The first-order chi connectivity index (χ1) is 16.4. The molecule has 0 aliphatic carbocycles. The Morgan fingerprint density at radius 2 is 1.71 bits per heavy atom. The molecule has 172 valence electrons. The van der Waals surface area contributed by atoms with Crippen LogP contribution in [0.5, 0.6) is 0 Å². The zero-order chi connectivity index (χ0) is 23.8. The number of halogens is 1. The van der Waals surface area contributed by atoms with Gasteiger partial charge in [0.15, 0.2) is 0 Å². The lowest BCUT2D eigenvalue weighted by molar-refractivity contribution is -0.384. The zero-order valence-electron chi connectivity index (χ0n) is 18.4. The van der Waals surface area contributed by atoms with E-state index in [1.165, 1.54) is 23.0 Å². The van der Waals surface area contributed by atoms with E-state index in [9.17, 15) is 19.3 Å². The number of amides is 1. The molecule has 1 aliphatic rings. The number of nitrogens with one attached hydrogen (secondary N) is 1. The van der Waals surface area contributed by atoms with Crippen molar-refractivity contribution in [3.8, 4) is 5.69 Å². The van der Waals surface area contributed by atoms with Crippen molar-refractivity contribution in [2.45, 2.75) is 19.8 Å². The molecule has 0 unspecified atom stereocenters. The van der Waals surface area contributed by atoms with Crippen LogP contribution in [0.2, 0.25) is 0 Å². The Hall–Kier alpha value is -4.34. The maximum Gasteiger partial charge on any atom is 0.293 e. The lowest BCUT2D eigenvalue weighted by atomic mass is 10.1. The number of hydrogen-bond acceptors (Lipinski definition) is 6. The van der Waals surface area contributed by atoms with Gasteiger partial charge in [-0.05, 0) is 73.9 Å². The van der Waals surface area contributed by atoms with Gasteiger partial charge in [-0.2, -0.15) is 4.80 Å². The van der Waals surface area contributed by atoms with E-state index in [4.69, 9.17) is 0 Å². The first-order valence-electron chi connectivity index (χ1n) is 10.9. The molecule has 1 amide bonds. The van der Waals surface area contributed by atoms with E-state index < -0.39 is 10.8 Å². The standard InChI is InChI=1S/C24H21FN6O3/c1-15-12-20-21(28-30(27-20)18-7-5-17(25)6-8-18)14-19(15)26-24(32)16-4-9-22(23(13-16)31(33)34)29-10-2-3-11-29/h4-9,12-14H,2-3,10-11H2,1H3,(H,26,32). The Labute approximate surface area is 193 Å². The molecule has 3 aromatic carbocycles. The predicted molar refractivity (Wildman–Crippen MR) is 126 cm³/mol. The third-order valence-electron chi connectivity index (χ3n) is 5.91. The smallest absolute Gasteiger partial charge is 0.293 e. The van der Waals surface area contributed by atoms with E-state index >= 15 is 0 Å². The summed E-state index contributed by atoms with van der Waals surface area (Å²) in [6.45, 7) is 3.36. The van der Waals surface area contributed by atoms with Crippen LogP contribution in [0.3, 0.4) is 0 Å². The number of anilines is 2. The topological polar surface area (TPSA) is 106 Å². The normalized spacial score (nSPS) is 13.4. The van der Waals surface area contributed by atoms with Crippen LogP contribution in [0.4, 0.5) is 21.5 Å². The van der Waals surface area contributed by atoms with Gasteiger partial charge >= 0.3 is 0 Å². The summed E-state index contributed by atoms with van der Waals surface area (Å²) in [6.07, 6.45) is 1.99. The molecule has 1 saturated heterocycles. The molecule has 1 aliphatic heterocycles. The fourth-order valence-electron chi connectivity index (χ4n) is 4.12. The number of aromatic nitrogens is 3. The lowest BCUT2D eigenvalue weighted by Crippen LogP contribution is -2.20. The highest BCUT2D eigenvalue weighted by Gasteiger charge is 2.24. The molecule has 0 atom stereocenters. The molecule has 1 N–H and O–H groups in total. The van der Waals surface area contributed by atoms with Crippen molar-refractivity contribution in [1.82, 2.24) is 15.0 Å². The van der Waals surface area contributed by atoms with E-state index in [1.54, 1.807) is 36.4 Å². The summed E-state index contributed by atoms with van der Waals surface area (Å²) in [6, 6.07) is 13.9. The number of hydrogen-bond donors (Lipinski definition) is 1. The molecule has 1 fully saturated rings. The van der Waals surface area contributed by atoms with Crippen LogP contribution >= 0.6 is 0 Å². The SMILES string of the molecule is Cc1cc2nn(-c3ccc(F)cc3)nc2cc1NC(=O)c1ccc(N2CCCC2)c([N+](=O)[O-])c1. The number of carbonyl (C=O) groups is 1. The number of carbonyl (C=O) groups excluding carboxylic acids is 1. The van der Waals surface area contributed by atoms with Gasteiger partial charge < -0.3 is 10.2 Å². The molecule has 0 radical (unpaired) electrons. The Balaban J connectivity index is 1.42. The van der Waals surface area contributed by atoms with Gasteiger partial charge in [-0.1, -0.05) is 0 Å². The molecule has 2 heterocycles. The molecule has 0 spiro atoms. The Bertz CT molecular complexity index is 1410. The van der Waals surface area contributed by atoms with Crippen molar-refractivity contribution in [3.63, 3.8) is 0 Å². The van der Waals surface area contributed by atoms with Crippen LogP contribution in [-0.2, 0) is 0 Å². The maximum atomic E-state index is 13.2.